The molecular formula is C12H20N4O2. The van der Waals surface area contributed by atoms with Gasteiger partial charge in [0.25, 0.3) is 5.91 Å². The van der Waals surface area contributed by atoms with Crippen LogP contribution in [-0.2, 0) is 11.3 Å². The summed E-state index contributed by atoms with van der Waals surface area (Å²) in [5.41, 5.74) is 0.499. The molecule has 0 saturated heterocycles. The number of nitrogens with zero attached hydrogens (tertiary/aromatic N) is 3. The van der Waals surface area contributed by atoms with Crippen LogP contribution in [-0.4, -0.2) is 53.7 Å². The van der Waals surface area contributed by atoms with Gasteiger partial charge in [0.1, 0.15) is 5.69 Å². The Hall–Kier alpha value is -1.56. The van der Waals surface area contributed by atoms with Gasteiger partial charge in [-0.2, -0.15) is 0 Å². The van der Waals surface area contributed by atoms with Crippen LogP contribution < -0.4 is 5.32 Å². The molecule has 6 nitrogen and oxygen atoms in total. The second-order valence-electron chi connectivity index (χ2n) is 4.35. The summed E-state index contributed by atoms with van der Waals surface area (Å²) in [6.45, 7) is 5.60. The molecule has 1 aliphatic rings. The molecule has 0 radical (unpaired) electrons. The molecule has 0 unspecified atom stereocenters. The topological polar surface area (TPSA) is 59.4 Å². The average molecular weight is 252 g/mol. The van der Waals surface area contributed by atoms with Crippen LogP contribution in [0.25, 0.3) is 0 Å². The van der Waals surface area contributed by atoms with Crippen LogP contribution >= 0.6 is 0 Å². The Labute approximate surface area is 107 Å². The fourth-order valence-corrected chi connectivity index (χ4v) is 1.92. The number of nitrogens with one attached hydrogen (secondary N) is 1. The number of anilines is 1. The number of aryl methyl sites for hydroxylation is 1. The predicted octanol–water partition coefficient (Wildman–Crippen LogP) is 0.807. The normalized spacial score (nSPS) is 13.9. The second kappa shape index (κ2) is 5.86. The fourth-order valence-electron chi connectivity index (χ4n) is 1.92. The number of amides is 1. The van der Waals surface area contributed by atoms with Gasteiger partial charge in [0.15, 0.2) is 0 Å². The van der Waals surface area contributed by atoms with E-state index in [4.69, 9.17) is 4.74 Å². The van der Waals surface area contributed by atoms with Crippen molar-refractivity contribution >= 4 is 11.9 Å². The van der Waals surface area contributed by atoms with Crippen molar-refractivity contribution in [1.82, 2.24) is 14.5 Å². The predicted molar refractivity (Wildman–Crippen MR) is 68.8 cm³/mol. The van der Waals surface area contributed by atoms with Crippen molar-refractivity contribution < 1.29 is 9.53 Å². The lowest BCUT2D eigenvalue weighted by molar-refractivity contribution is 0.0705. The Morgan fingerprint density at radius 3 is 3.22 bits per heavy atom. The molecule has 0 spiro atoms. The van der Waals surface area contributed by atoms with Crippen LogP contribution in [0, 0.1) is 0 Å². The van der Waals surface area contributed by atoms with Crippen LogP contribution in [0.15, 0.2) is 6.20 Å². The van der Waals surface area contributed by atoms with Crippen molar-refractivity contribution in [3.63, 3.8) is 0 Å². The summed E-state index contributed by atoms with van der Waals surface area (Å²) in [7, 11) is 1.77. The lowest BCUT2D eigenvalue weighted by atomic mass is 10.3. The molecule has 0 saturated carbocycles. The number of rotatable bonds is 5. The van der Waals surface area contributed by atoms with Crippen molar-refractivity contribution in [2.75, 3.05) is 38.7 Å². The lowest BCUT2D eigenvalue weighted by Gasteiger charge is -2.15. The molecule has 6 heteroatoms. The molecular weight excluding hydrogens is 232 g/mol. The molecule has 0 aliphatic carbocycles. The number of imidazole rings is 1. The summed E-state index contributed by atoms with van der Waals surface area (Å²) < 4.78 is 7.23. The number of carbonyl (C=O) groups excluding carboxylic acids is 1. The van der Waals surface area contributed by atoms with Crippen LogP contribution in [0.1, 0.15) is 23.8 Å². The molecule has 2 heterocycles. The maximum absolute atomic E-state index is 12.1. The van der Waals surface area contributed by atoms with Crippen molar-refractivity contribution in [3.8, 4) is 0 Å². The third-order valence-corrected chi connectivity index (χ3v) is 2.98. The van der Waals surface area contributed by atoms with Gasteiger partial charge in [0.05, 0.1) is 6.61 Å². The summed E-state index contributed by atoms with van der Waals surface area (Å²) in [4.78, 5) is 18.1. The quantitative estimate of drug-likeness (QED) is 0.788. The summed E-state index contributed by atoms with van der Waals surface area (Å²) >= 11 is 0. The molecule has 100 valence electrons. The second-order valence-corrected chi connectivity index (χ2v) is 4.35. The number of ether oxygens (including phenoxy) is 1. The first-order valence-electron chi connectivity index (χ1n) is 6.36. The molecule has 2 rings (SSSR count). The molecule has 0 aromatic carbocycles. The number of carbonyl (C=O) groups is 1. The highest BCUT2D eigenvalue weighted by Crippen LogP contribution is 2.14. The van der Waals surface area contributed by atoms with E-state index < -0.39 is 0 Å². The Balaban J connectivity index is 1.97. The van der Waals surface area contributed by atoms with Gasteiger partial charge in [0.2, 0.25) is 5.95 Å². The van der Waals surface area contributed by atoms with E-state index in [1.807, 2.05) is 17.7 Å². The van der Waals surface area contributed by atoms with Crippen LogP contribution in [0.3, 0.4) is 0 Å². The Morgan fingerprint density at radius 1 is 1.67 bits per heavy atom. The van der Waals surface area contributed by atoms with E-state index in [1.165, 1.54) is 0 Å². The third-order valence-electron chi connectivity index (χ3n) is 2.98. The van der Waals surface area contributed by atoms with Gasteiger partial charge in [0, 0.05) is 39.5 Å². The highest BCUT2D eigenvalue weighted by atomic mass is 16.5. The molecule has 1 aromatic heterocycles. The van der Waals surface area contributed by atoms with Crippen molar-refractivity contribution in [2.24, 2.45) is 0 Å². The van der Waals surface area contributed by atoms with E-state index in [-0.39, 0.29) is 5.91 Å². The van der Waals surface area contributed by atoms with Gasteiger partial charge in [-0.3, -0.25) is 4.79 Å². The smallest absolute Gasteiger partial charge is 0.273 e. The highest BCUT2D eigenvalue weighted by Gasteiger charge is 2.19. The SMILES string of the molecule is CCOCCN(C)C(=O)c1cn2c(n1)NCCC2. The van der Waals surface area contributed by atoms with E-state index in [0.717, 1.165) is 25.5 Å². The number of aromatic nitrogens is 2. The lowest BCUT2D eigenvalue weighted by Crippen LogP contribution is -2.30. The molecule has 1 N–H and O–H groups in total. The number of hydrogen-bond donors (Lipinski definition) is 1. The highest BCUT2D eigenvalue weighted by molar-refractivity contribution is 5.92. The minimum atomic E-state index is -0.0570. The van der Waals surface area contributed by atoms with E-state index in [9.17, 15) is 4.79 Å². The largest absolute Gasteiger partial charge is 0.380 e. The van der Waals surface area contributed by atoms with Crippen molar-refractivity contribution in [2.45, 2.75) is 19.9 Å². The Bertz CT molecular complexity index is 393. The van der Waals surface area contributed by atoms with Gasteiger partial charge in [-0.25, -0.2) is 4.98 Å². The monoisotopic (exact) mass is 252 g/mol. The maximum Gasteiger partial charge on any atom is 0.273 e. The first kappa shape index (κ1) is 12.9. The van der Waals surface area contributed by atoms with Crippen molar-refractivity contribution in [3.05, 3.63) is 11.9 Å². The van der Waals surface area contributed by atoms with Crippen molar-refractivity contribution in [1.29, 1.82) is 0 Å². The van der Waals surface area contributed by atoms with Gasteiger partial charge in [-0.15, -0.1) is 0 Å². The van der Waals surface area contributed by atoms with Gasteiger partial charge in [-0.1, -0.05) is 0 Å². The van der Waals surface area contributed by atoms with Crippen LogP contribution in [0.2, 0.25) is 0 Å². The van der Waals surface area contributed by atoms with E-state index in [0.29, 0.717) is 25.5 Å². The number of likely N-dealkylation sites (N-methyl/N-ethyl adjacent to an activating group) is 1. The van der Waals surface area contributed by atoms with Gasteiger partial charge >= 0.3 is 0 Å². The van der Waals surface area contributed by atoms with Crippen LogP contribution in [0.4, 0.5) is 5.95 Å². The molecule has 1 aromatic rings. The van der Waals surface area contributed by atoms with E-state index in [2.05, 4.69) is 10.3 Å². The molecule has 18 heavy (non-hydrogen) atoms. The molecule has 0 fully saturated rings. The maximum atomic E-state index is 12.1. The molecule has 0 bridgehead atoms. The third kappa shape index (κ3) is 2.81. The summed E-state index contributed by atoms with van der Waals surface area (Å²) in [6.07, 6.45) is 2.89. The first-order valence-corrected chi connectivity index (χ1v) is 6.36. The minimum absolute atomic E-state index is 0.0570. The molecule has 0 atom stereocenters. The van der Waals surface area contributed by atoms with E-state index in [1.54, 1.807) is 11.9 Å². The zero-order valence-electron chi connectivity index (χ0n) is 11.0. The standard InChI is InChI=1S/C12H20N4O2/c1-3-18-8-7-15(2)11(17)10-9-16-6-4-5-13-12(16)14-10/h9H,3-8H2,1-2H3,(H,13,14). The summed E-state index contributed by atoms with van der Waals surface area (Å²) in [5, 5.41) is 3.19. The molecule has 1 aliphatic heterocycles. The van der Waals surface area contributed by atoms with Crippen LogP contribution in [0.5, 0.6) is 0 Å². The zero-order chi connectivity index (χ0) is 13.0. The summed E-state index contributed by atoms with van der Waals surface area (Å²) in [6, 6.07) is 0. The first-order chi connectivity index (χ1) is 8.72. The van der Waals surface area contributed by atoms with Gasteiger partial charge < -0.3 is 19.5 Å². The van der Waals surface area contributed by atoms with E-state index >= 15 is 0 Å². The Kier molecular flexibility index (Phi) is 4.19. The minimum Gasteiger partial charge on any atom is -0.380 e. The number of fused-ring (bicyclic) bond motifs is 1. The number of hydrogen-bond acceptors (Lipinski definition) is 4. The summed E-state index contributed by atoms with van der Waals surface area (Å²) in [5.74, 6) is 0.737. The van der Waals surface area contributed by atoms with Gasteiger partial charge in [-0.05, 0) is 13.3 Å². The molecule has 1 amide bonds. The average Bonchev–Trinajstić information content (AvgIpc) is 2.81. The fraction of sp³-hybridized carbons (Fsp3) is 0.667. The Morgan fingerprint density at radius 2 is 2.50 bits per heavy atom. The zero-order valence-corrected chi connectivity index (χ0v) is 11.0.